The zero-order valence-corrected chi connectivity index (χ0v) is 21.4. The van der Waals surface area contributed by atoms with Gasteiger partial charge in [0.1, 0.15) is 22.5 Å². The highest BCUT2D eigenvalue weighted by molar-refractivity contribution is 6.33. The number of ether oxygens (including phenoxy) is 1. The van der Waals surface area contributed by atoms with Crippen LogP contribution in [0.15, 0.2) is 52.9 Å². The van der Waals surface area contributed by atoms with Crippen molar-refractivity contribution in [1.82, 2.24) is 10.3 Å². The van der Waals surface area contributed by atoms with E-state index in [0.29, 0.717) is 33.4 Å². The predicted molar refractivity (Wildman–Crippen MR) is 139 cm³/mol. The molecule has 4 rings (SSSR count). The number of fused-ring (bicyclic) bond motifs is 1. The van der Waals surface area contributed by atoms with Gasteiger partial charge in [-0.15, -0.1) is 0 Å². The lowest BCUT2D eigenvalue weighted by atomic mass is 9.92. The molecule has 2 heterocycles. The molecule has 7 nitrogen and oxygen atoms in total. The number of halogens is 2. The van der Waals surface area contributed by atoms with Crippen LogP contribution in [0, 0.1) is 12.4 Å². The van der Waals surface area contributed by atoms with Gasteiger partial charge in [-0.2, -0.15) is 0 Å². The van der Waals surface area contributed by atoms with Crippen LogP contribution in [-0.4, -0.2) is 36.4 Å². The number of rotatable bonds is 7. The van der Waals surface area contributed by atoms with Gasteiger partial charge in [-0.3, -0.25) is 9.59 Å². The summed E-state index contributed by atoms with van der Waals surface area (Å²) >= 11 is 6.54. The minimum atomic E-state index is -0.869. The Morgan fingerprint density at radius 2 is 1.84 bits per heavy atom. The van der Waals surface area contributed by atoms with Gasteiger partial charge in [-0.25, -0.2) is 15.9 Å². The van der Waals surface area contributed by atoms with Crippen LogP contribution in [0.3, 0.4) is 0 Å². The molecule has 37 heavy (non-hydrogen) atoms. The molecule has 1 amide bonds. The average Bonchev–Trinajstić information content (AvgIpc) is 3.25. The lowest BCUT2D eigenvalue weighted by molar-refractivity contribution is 0.0956. The maximum atomic E-state index is 13.5. The van der Waals surface area contributed by atoms with Crippen LogP contribution in [-0.2, 0) is 0 Å². The summed E-state index contributed by atoms with van der Waals surface area (Å²) in [5.74, 6) is -0.498. The van der Waals surface area contributed by atoms with E-state index in [9.17, 15) is 14.0 Å². The van der Waals surface area contributed by atoms with E-state index in [1.807, 2.05) is 0 Å². The summed E-state index contributed by atoms with van der Waals surface area (Å²) in [6.07, 6.45) is 0.00487. The molecular weight excluding hydrogens is 497 g/mol. The van der Waals surface area contributed by atoms with Gasteiger partial charge >= 0.3 is 0 Å². The van der Waals surface area contributed by atoms with Crippen LogP contribution >= 0.6 is 11.6 Å². The number of nitrogens with zero attached hydrogens (tertiary/aromatic N) is 2. The van der Waals surface area contributed by atoms with Crippen molar-refractivity contribution >= 4 is 34.4 Å². The highest BCUT2D eigenvalue weighted by Crippen LogP contribution is 2.39. The number of pyridine rings is 1. The minimum absolute atomic E-state index is 0.00487. The van der Waals surface area contributed by atoms with E-state index in [1.165, 1.54) is 38.4 Å². The molecule has 0 radical (unpaired) electrons. The minimum Gasteiger partial charge on any atom is -0.496 e. The molecule has 0 aliphatic heterocycles. The third kappa shape index (κ3) is 5.04. The SMILES string of the molecule is [C-]#[N+]C(C)(C)CC(=O)c1cc(-c2cc3c(C(=O)NC)c(-c4ccc(F)cc4)oc3nc2Cl)ccc1OC. The second-order valence-electron chi connectivity index (χ2n) is 9.01. The fourth-order valence-corrected chi connectivity index (χ4v) is 4.22. The Morgan fingerprint density at radius 1 is 1.16 bits per heavy atom. The van der Waals surface area contributed by atoms with Gasteiger partial charge in [-0.05, 0) is 48.0 Å². The number of methoxy groups -OCH3 is 1. The summed E-state index contributed by atoms with van der Waals surface area (Å²) in [5, 5.41) is 3.10. The second-order valence-corrected chi connectivity index (χ2v) is 9.37. The van der Waals surface area contributed by atoms with Crippen molar-refractivity contribution in [3.63, 3.8) is 0 Å². The summed E-state index contributed by atoms with van der Waals surface area (Å²) in [4.78, 5) is 33.9. The van der Waals surface area contributed by atoms with Crippen LogP contribution in [0.2, 0.25) is 5.15 Å². The molecule has 2 aromatic carbocycles. The van der Waals surface area contributed by atoms with Crippen LogP contribution in [0.5, 0.6) is 5.75 Å². The fraction of sp³-hybridized carbons (Fsp3) is 0.214. The van der Waals surface area contributed by atoms with E-state index in [1.54, 1.807) is 38.1 Å². The molecule has 0 saturated carbocycles. The van der Waals surface area contributed by atoms with Gasteiger partial charge in [-0.1, -0.05) is 17.7 Å². The third-order valence-electron chi connectivity index (χ3n) is 5.90. The van der Waals surface area contributed by atoms with E-state index in [4.69, 9.17) is 27.3 Å². The number of carbonyl (C=O) groups is 2. The summed E-state index contributed by atoms with van der Waals surface area (Å²) < 4.78 is 24.8. The number of amides is 1. The van der Waals surface area contributed by atoms with Crippen LogP contribution < -0.4 is 10.1 Å². The Labute approximate surface area is 218 Å². The number of nitrogens with one attached hydrogen (secondary N) is 1. The number of aromatic nitrogens is 1. The maximum Gasteiger partial charge on any atom is 0.255 e. The molecule has 0 spiro atoms. The number of hydrogen-bond acceptors (Lipinski definition) is 5. The Kier molecular flexibility index (Phi) is 7.01. The number of ketones is 1. The monoisotopic (exact) mass is 519 g/mol. The van der Waals surface area contributed by atoms with E-state index in [0.717, 1.165) is 0 Å². The van der Waals surface area contributed by atoms with Crippen LogP contribution in [0.1, 0.15) is 41.0 Å². The summed E-state index contributed by atoms with van der Waals surface area (Å²) in [7, 11) is 2.95. The lowest BCUT2D eigenvalue weighted by Gasteiger charge is -2.14. The molecule has 0 atom stereocenters. The summed E-state index contributed by atoms with van der Waals surface area (Å²) in [5.41, 5.74) is 1.32. The van der Waals surface area contributed by atoms with Crippen molar-refractivity contribution in [2.75, 3.05) is 14.2 Å². The number of carbonyl (C=O) groups excluding carboxylic acids is 2. The van der Waals surface area contributed by atoms with Gasteiger partial charge in [0, 0.05) is 32.0 Å². The number of hydrogen-bond donors (Lipinski definition) is 1. The summed E-state index contributed by atoms with van der Waals surface area (Å²) in [6.45, 7) is 10.7. The third-order valence-corrected chi connectivity index (χ3v) is 6.19. The molecule has 188 valence electrons. The number of furan rings is 1. The molecular formula is C28H23ClFN3O4. The smallest absolute Gasteiger partial charge is 0.255 e. The molecule has 0 aliphatic carbocycles. The molecule has 0 aliphatic rings. The van der Waals surface area contributed by atoms with E-state index in [-0.39, 0.29) is 34.4 Å². The Balaban J connectivity index is 1.90. The zero-order valence-electron chi connectivity index (χ0n) is 20.6. The molecule has 9 heteroatoms. The number of Topliss-reactive ketones (excluding diaryl/α,β-unsaturated/α-hetero) is 1. The quantitative estimate of drug-likeness (QED) is 0.169. The molecule has 2 aromatic heterocycles. The molecule has 1 N–H and O–H groups in total. The highest BCUT2D eigenvalue weighted by atomic mass is 35.5. The van der Waals surface area contributed by atoms with Crippen LogP contribution in [0.4, 0.5) is 4.39 Å². The molecule has 0 unspecified atom stereocenters. The highest BCUT2D eigenvalue weighted by Gasteiger charge is 2.30. The van der Waals surface area contributed by atoms with Crippen molar-refractivity contribution in [2.45, 2.75) is 25.8 Å². The van der Waals surface area contributed by atoms with Crippen LogP contribution in [0.25, 0.3) is 38.4 Å². The first kappa shape index (κ1) is 25.9. The van der Waals surface area contributed by atoms with Crippen molar-refractivity contribution in [3.8, 4) is 28.2 Å². The van der Waals surface area contributed by atoms with Crippen molar-refractivity contribution in [1.29, 1.82) is 0 Å². The first-order chi connectivity index (χ1) is 17.6. The van der Waals surface area contributed by atoms with Gasteiger partial charge in [0.2, 0.25) is 11.3 Å². The largest absolute Gasteiger partial charge is 0.496 e. The van der Waals surface area contributed by atoms with E-state index < -0.39 is 17.3 Å². The van der Waals surface area contributed by atoms with Gasteiger partial charge < -0.3 is 19.3 Å². The first-order valence-electron chi connectivity index (χ1n) is 11.3. The van der Waals surface area contributed by atoms with E-state index >= 15 is 0 Å². The molecule has 4 aromatic rings. The molecule has 0 fully saturated rings. The van der Waals surface area contributed by atoms with Gasteiger partial charge in [0.05, 0.1) is 30.0 Å². The van der Waals surface area contributed by atoms with E-state index in [2.05, 4.69) is 15.1 Å². The first-order valence-corrected chi connectivity index (χ1v) is 11.7. The Bertz CT molecular complexity index is 1570. The molecule has 0 saturated heterocycles. The molecule has 0 bridgehead atoms. The second kappa shape index (κ2) is 10.0. The van der Waals surface area contributed by atoms with Gasteiger partial charge in [0.25, 0.3) is 5.91 Å². The lowest BCUT2D eigenvalue weighted by Crippen LogP contribution is -2.20. The van der Waals surface area contributed by atoms with Crippen molar-refractivity contribution in [3.05, 3.63) is 82.0 Å². The predicted octanol–water partition coefficient (Wildman–Crippen LogP) is 6.59. The fourth-order valence-electron chi connectivity index (χ4n) is 3.98. The Hall–Kier alpha value is -4.22. The zero-order chi connectivity index (χ0) is 26.9. The number of benzene rings is 2. The topological polar surface area (TPSA) is 85.8 Å². The maximum absolute atomic E-state index is 13.5. The van der Waals surface area contributed by atoms with Gasteiger partial charge in [0.15, 0.2) is 5.78 Å². The van der Waals surface area contributed by atoms with Crippen molar-refractivity contribution in [2.24, 2.45) is 0 Å². The standard InChI is InChI=1S/C28H23ClFN3O4/c1-28(2,32-4)14-21(34)19-12-16(8-11-22(19)36-5)18-13-20-23(26(35)31-3)24(37-27(20)33-25(18)29)15-6-9-17(30)10-7-15/h6-13H,14H2,1-3,5H3,(H,31,35). The average molecular weight is 520 g/mol. The normalized spacial score (nSPS) is 11.3. The Morgan fingerprint density at radius 3 is 2.46 bits per heavy atom. The van der Waals surface area contributed by atoms with Crippen molar-refractivity contribution < 1.29 is 23.1 Å². The summed E-state index contributed by atoms with van der Waals surface area (Å²) in [6, 6.07) is 12.2.